The molecule has 0 amide bonds. The lowest BCUT2D eigenvalue weighted by Gasteiger charge is -2.59. The zero-order valence-corrected chi connectivity index (χ0v) is 15.2. The third-order valence-corrected chi connectivity index (χ3v) is 8.55. The lowest BCUT2D eigenvalue weighted by atomic mass is 9.44. The number of Topliss-reactive ketones (excluding diaryl/α,β-unsaturated/α-hetero) is 2. The number of carbonyl (C=O) groups is 2. The van der Waals surface area contributed by atoms with Gasteiger partial charge in [-0.15, -0.1) is 0 Å². The fourth-order valence-electron chi connectivity index (χ4n) is 7.12. The molecular formula is C21H30O3. The fourth-order valence-corrected chi connectivity index (χ4v) is 7.12. The molecule has 0 radical (unpaired) electrons. The van der Waals surface area contributed by atoms with Crippen LogP contribution in [-0.2, 0) is 9.59 Å². The minimum absolute atomic E-state index is 0.0483. The van der Waals surface area contributed by atoms with E-state index in [1.54, 1.807) is 0 Å². The van der Waals surface area contributed by atoms with Gasteiger partial charge in [0.05, 0.1) is 6.61 Å². The van der Waals surface area contributed by atoms with Crippen LogP contribution in [-0.4, -0.2) is 23.3 Å². The Balaban J connectivity index is 1.79. The van der Waals surface area contributed by atoms with E-state index < -0.39 is 0 Å². The molecule has 0 saturated heterocycles. The summed E-state index contributed by atoms with van der Waals surface area (Å²) in [5, 5.41) is 10.5. The molecule has 4 rings (SSSR count). The molecule has 4 aliphatic rings. The number of aliphatic hydroxyl groups is 1. The average Bonchev–Trinajstić information content (AvgIpc) is 2.87. The zero-order chi connectivity index (χ0) is 17.3. The summed E-state index contributed by atoms with van der Waals surface area (Å²) < 4.78 is 0. The maximum atomic E-state index is 12.5. The first-order chi connectivity index (χ1) is 11.4. The molecule has 0 unspecified atom stereocenters. The number of aliphatic hydroxyl groups excluding tert-OH is 1. The molecule has 0 aromatic rings. The lowest BCUT2D eigenvalue weighted by Crippen LogP contribution is -2.57. The summed E-state index contributed by atoms with van der Waals surface area (Å²) in [6.45, 7) is 6.52. The smallest absolute Gasteiger partial charge is 0.140 e. The quantitative estimate of drug-likeness (QED) is 0.748. The van der Waals surface area contributed by atoms with Gasteiger partial charge < -0.3 is 5.11 Å². The highest BCUT2D eigenvalue weighted by Crippen LogP contribution is 2.65. The van der Waals surface area contributed by atoms with Crippen molar-refractivity contribution < 1.29 is 14.7 Å². The second-order valence-electron chi connectivity index (χ2n) is 9.18. The summed E-state index contributed by atoms with van der Waals surface area (Å²) in [7, 11) is 0. The van der Waals surface area contributed by atoms with Gasteiger partial charge in [-0.25, -0.2) is 0 Å². The Kier molecular flexibility index (Phi) is 3.62. The topological polar surface area (TPSA) is 54.4 Å². The second-order valence-corrected chi connectivity index (χ2v) is 9.18. The lowest BCUT2D eigenvalue weighted by molar-refractivity contribution is -0.138. The molecule has 24 heavy (non-hydrogen) atoms. The first-order valence-corrected chi connectivity index (χ1v) is 9.73. The monoisotopic (exact) mass is 330 g/mol. The van der Waals surface area contributed by atoms with Crippen molar-refractivity contribution in [2.75, 3.05) is 6.61 Å². The highest BCUT2D eigenvalue weighted by atomic mass is 16.3. The Labute approximate surface area is 144 Å². The molecule has 7 atom stereocenters. The van der Waals surface area contributed by atoms with Gasteiger partial charge in [0.2, 0.25) is 0 Å². The molecule has 0 bridgehead atoms. The van der Waals surface area contributed by atoms with Gasteiger partial charge in [-0.2, -0.15) is 0 Å². The van der Waals surface area contributed by atoms with Gasteiger partial charge in [-0.05, 0) is 49.4 Å². The molecule has 3 nitrogen and oxygen atoms in total. The zero-order valence-electron chi connectivity index (χ0n) is 15.2. The predicted octanol–water partition coefficient (Wildman–Crippen LogP) is 3.55. The van der Waals surface area contributed by atoms with Crippen molar-refractivity contribution in [3.05, 3.63) is 11.6 Å². The Hall–Kier alpha value is -0.960. The van der Waals surface area contributed by atoms with Crippen molar-refractivity contribution >= 4 is 11.6 Å². The average molecular weight is 330 g/mol. The Morgan fingerprint density at radius 1 is 1.21 bits per heavy atom. The molecule has 0 heterocycles. The predicted molar refractivity (Wildman–Crippen MR) is 92.2 cm³/mol. The van der Waals surface area contributed by atoms with Gasteiger partial charge in [0.1, 0.15) is 11.6 Å². The number of hydrogen-bond acceptors (Lipinski definition) is 3. The van der Waals surface area contributed by atoms with Crippen LogP contribution in [0.25, 0.3) is 0 Å². The molecule has 0 aromatic carbocycles. The van der Waals surface area contributed by atoms with E-state index in [2.05, 4.69) is 19.9 Å². The Morgan fingerprint density at radius 3 is 2.67 bits per heavy atom. The van der Waals surface area contributed by atoms with E-state index >= 15 is 0 Å². The molecular weight excluding hydrogens is 300 g/mol. The van der Waals surface area contributed by atoms with E-state index in [1.807, 2.05) is 6.92 Å². The minimum atomic E-state index is -0.233. The molecule has 4 aliphatic carbocycles. The van der Waals surface area contributed by atoms with E-state index in [4.69, 9.17) is 0 Å². The molecule has 0 aliphatic heterocycles. The number of rotatable bonds is 1. The Morgan fingerprint density at radius 2 is 1.96 bits per heavy atom. The molecule has 132 valence electrons. The molecule has 0 aromatic heterocycles. The van der Waals surface area contributed by atoms with Crippen LogP contribution >= 0.6 is 0 Å². The molecule has 1 N–H and O–H groups in total. The highest BCUT2D eigenvalue weighted by Gasteiger charge is 2.62. The standard InChI is InChI=1S/C21H30O3/c1-12-10-18(23)13(2)15-5-4-14-16-6-7-19(24)20(16,3)9-8-17(14)21(12,15)11-22/h5,12-14,16-17,22H,4,6-11H2,1-3H3/t12-,13-,14-,16-,17-,20-,21-/m0/s1. The summed E-state index contributed by atoms with van der Waals surface area (Å²) in [6.07, 6.45) is 7.59. The SMILES string of the molecule is C[C@@H]1C(=O)C[C@H](C)[C@@]2(CO)C1=CC[C@@H]1[C@@H]2CC[C@]2(C)C(=O)CC[C@@H]12. The highest BCUT2D eigenvalue weighted by molar-refractivity contribution is 5.87. The number of ketones is 2. The van der Waals surface area contributed by atoms with Gasteiger partial charge in [-0.1, -0.05) is 32.4 Å². The first kappa shape index (κ1) is 16.5. The van der Waals surface area contributed by atoms with Crippen molar-refractivity contribution in [1.82, 2.24) is 0 Å². The second kappa shape index (κ2) is 5.27. The van der Waals surface area contributed by atoms with E-state index in [0.29, 0.717) is 35.7 Å². The van der Waals surface area contributed by atoms with Gasteiger partial charge in [0, 0.05) is 29.6 Å². The van der Waals surface area contributed by atoms with Crippen molar-refractivity contribution in [2.45, 2.75) is 59.3 Å². The summed E-state index contributed by atoms with van der Waals surface area (Å²) in [4.78, 5) is 24.9. The molecule has 3 heteroatoms. The summed E-state index contributed by atoms with van der Waals surface area (Å²) in [6, 6.07) is 0. The van der Waals surface area contributed by atoms with Gasteiger partial charge in [-0.3, -0.25) is 9.59 Å². The van der Waals surface area contributed by atoms with Crippen LogP contribution in [0.1, 0.15) is 59.3 Å². The van der Waals surface area contributed by atoms with Crippen LogP contribution in [0, 0.1) is 40.4 Å². The van der Waals surface area contributed by atoms with Crippen molar-refractivity contribution in [1.29, 1.82) is 0 Å². The van der Waals surface area contributed by atoms with Gasteiger partial charge in [0.15, 0.2) is 0 Å². The van der Waals surface area contributed by atoms with Crippen molar-refractivity contribution in [2.24, 2.45) is 40.4 Å². The summed E-state index contributed by atoms with van der Waals surface area (Å²) >= 11 is 0. The van der Waals surface area contributed by atoms with Crippen LogP contribution in [0.15, 0.2) is 11.6 Å². The maximum Gasteiger partial charge on any atom is 0.140 e. The normalized spacial score (nSPS) is 50.8. The van der Waals surface area contributed by atoms with Crippen LogP contribution in [0.3, 0.4) is 0 Å². The van der Waals surface area contributed by atoms with E-state index in [-0.39, 0.29) is 29.3 Å². The third kappa shape index (κ3) is 1.83. The molecule has 3 fully saturated rings. The van der Waals surface area contributed by atoms with E-state index in [1.165, 1.54) is 5.57 Å². The molecule has 0 spiro atoms. The molecule has 3 saturated carbocycles. The van der Waals surface area contributed by atoms with Crippen LogP contribution < -0.4 is 0 Å². The van der Waals surface area contributed by atoms with Crippen LogP contribution in [0.5, 0.6) is 0 Å². The van der Waals surface area contributed by atoms with Crippen LogP contribution in [0.2, 0.25) is 0 Å². The summed E-state index contributed by atoms with van der Waals surface area (Å²) in [5.74, 6) is 2.32. The van der Waals surface area contributed by atoms with E-state index in [0.717, 1.165) is 32.1 Å². The number of allylic oxidation sites excluding steroid dienone is 1. The number of fused-ring (bicyclic) bond motifs is 5. The summed E-state index contributed by atoms with van der Waals surface area (Å²) in [5.41, 5.74) is 0.842. The van der Waals surface area contributed by atoms with Crippen molar-refractivity contribution in [3.8, 4) is 0 Å². The van der Waals surface area contributed by atoms with Gasteiger partial charge in [0.25, 0.3) is 0 Å². The number of carbonyl (C=O) groups excluding carboxylic acids is 2. The first-order valence-electron chi connectivity index (χ1n) is 9.73. The van der Waals surface area contributed by atoms with Crippen LogP contribution in [0.4, 0.5) is 0 Å². The van der Waals surface area contributed by atoms with Gasteiger partial charge >= 0.3 is 0 Å². The Bertz CT molecular complexity index is 621. The third-order valence-electron chi connectivity index (χ3n) is 8.55. The largest absolute Gasteiger partial charge is 0.395 e. The maximum absolute atomic E-state index is 12.5. The number of hydrogen-bond donors (Lipinski definition) is 1. The van der Waals surface area contributed by atoms with Crippen molar-refractivity contribution in [3.63, 3.8) is 0 Å². The minimum Gasteiger partial charge on any atom is -0.395 e. The fraction of sp³-hybridized carbons (Fsp3) is 0.810. The van der Waals surface area contributed by atoms with E-state index in [9.17, 15) is 14.7 Å².